The number of aliphatic hydroxyl groups is 1. The Kier molecular flexibility index (Phi) is 4.66. The van der Waals surface area contributed by atoms with Crippen LogP contribution in [0.2, 0.25) is 5.02 Å². The monoisotopic (exact) mass is 278 g/mol. The van der Waals surface area contributed by atoms with Gasteiger partial charge in [0.05, 0.1) is 18.2 Å². The largest absolute Gasteiger partial charge is 0.490 e. The van der Waals surface area contributed by atoms with Crippen LogP contribution in [0.5, 0.6) is 17.2 Å². The number of rotatable bonds is 5. The van der Waals surface area contributed by atoms with Gasteiger partial charge in [0.1, 0.15) is 0 Å². The first-order valence-corrected chi connectivity index (χ1v) is 6.42. The minimum Gasteiger partial charge on any atom is -0.490 e. The molecule has 19 heavy (non-hydrogen) atoms. The number of benzene rings is 2. The van der Waals surface area contributed by atoms with Gasteiger partial charge in [0.25, 0.3) is 0 Å². The third-order valence-corrected chi connectivity index (χ3v) is 2.88. The van der Waals surface area contributed by atoms with Gasteiger partial charge >= 0.3 is 0 Å². The van der Waals surface area contributed by atoms with E-state index in [1.165, 1.54) is 0 Å². The van der Waals surface area contributed by atoms with Crippen LogP contribution in [0.1, 0.15) is 12.5 Å². The fourth-order valence-corrected chi connectivity index (χ4v) is 1.94. The summed E-state index contributed by atoms with van der Waals surface area (Å²) in [6.45, 7) is 2.33. The zero-order chi connectivity index (χ0) is 13.7. The molecule has 0 saturated carbocycles. The molecule has 0 atom stereocenters. The summed E-state index contributed by atoms with van der Waals surface area (Å²) in [7, 11) is 0. The summed E-state index contributed by atoms with van der Waals surface area (Å²) in [6, 6.07) is 12.6. The van der Waals surface area contributed by atoms with Gasteiger partial charge < -0.3 is 14.6 Å². The first-order chi connectivity index (χ1) is 9.26. The van der Waals surface area contributed by atoms with Gasteiger partial charge in [-0.2, -0.15) is 0 Å². The van der Waals surface area contributed by atoms with Gasteiger partial charge in [-0.3, -0.25) is 0 Å². The quantitative estimate of drug-likeness (QED) is 0.898. The molecule has 4 heteroatoms. The molecule has 0 unspecified atom stereocenters. The summed E-state index contributed by atoms with van der Waals surface area (Å²) in [6.07, 6.45) is 0. The molecule has 2 aromatic rings. The van der Waals surface area contributed by atoms with Crippen molar-refractivity contribution in [2.24, 2.45) is 0 Å². The molecular weight excluding hydrogens is 264 g/mol. The average molecular weight is 279 g/mol. The number of ether oxygens (including phenoxy) is 2. The highest BCUT2D eigenvalue weighted by Gasteiger charge is 2.11. The Morgan fingerprint density at radius 3 is 2.47 bits per heavy atom. The van der Waals surface area contributed by atoms with Crippen LogP contribution in [-0.4, -0.2) is 11.7 Å². The molecule has 0 aliphatic carbocycles. The number of hydrogen-bond acceptors (Lipinski definition) is 3. The lowest BCUT2D eigenvalue weighted by molar-refractivity contribution is 0.274. The van der Waals surface area contributed by atoms with E-state index in [2.05, 4.69) is 0 Å². The highest BCUT2D eigenvalue weighted by molar-refractivity contribution is 6.32. The standard InChI is InChI=1S/C15H15ClO3/c1-2-18-13-8-3-4-9-14(13)19-15-11(10-17)6-5-7-12(15)16/h3-9,17H,2,10H2,1H3. The van der Waals surface area contributed by atoms with Crippen LogP contribution in [0.4, 0.5) is 0 Å². The van der Waals surface area contributed by atoms with E-state index in [0.717, 1.165) is 0 Å². The van der Waals surface area contributed by atoms with Crippen molar-refractivity contribution in [3.8, 4) is 17.2 Å². The number of aliphatic hydroxyl groups excluding tert-OH is 1. The Hall–Kier alpha value is -1.71. The van der Waals surface area contributed by atoms with Crippen LogP contribution < -0.4 is 9.47 Å². The summed E-state index contributed by atoms with van der Waals surface area (Å²) in [5.41, 5.74) is 0.638. The topological polar surface area (TPSA) is 38.7 Å². The molecule has 0 aliphatic rings. The number of para-hydroxylation sites is 3. The molecule has 0 amide bonds. The molecular formula is C15H15ClO3. The summed E-state index contributed by atoms with van der Waals surface area (Å²) >= 11 is 6.11. The molecule has 2 aromatic carbocycles. The van der Waals surface area contributed by atoms with Crippen molar-refractivity contribution in [1.29, 1.82) is 0 Å². The van der Waals surface area contributed by atoms with E-state index in [0.29, 0.717) is 34.4 Å². The zero-order valence-electron chi connectivity index (χ0n) is 10.6. The van der Waals surface area contributed by atoms with E-state index in [-0.39, 0.29) is 6.61 Å². The second-order valence-electron chi connectivity index (χ2n) is 3.87. The molecule has 0 saturated heterocycles. The zero-order valence-corrected chi connectivity index (χ0v) is 11.4. The molecule has 0 heterocycles. The normalized spacial score (nSPS) is 10.3. The molecule has 0 aromatic heterocycles. The second-order valence-corrected chi connectivity index (χ2v) is 4.28. The van der Waals surface area contributed by atoms with Crippen LogP contribution >= 0.6 is 11.6 Å². The van der Waals surface area contributed by atoms with Crippen molar-refractivity contribution in [2.45, 2.75) is 13.5 Å². The van der Waals surface area contributed by atoms with Gasteiger partial charge in [-0.1, -0.05) is 35.9 Å². The maximum Gasteiger partial charge on any atom is 0.169 e. The minimum atomic E-state index is -0.132. The molecule has 100 valence electrons. The Balaban J connectivity index is 2.36. The highest BCUT2D eigenvalue weighted by Crippen LogP contribution is 2.37. The van der Waals surface area contributed by atoms with E-state index in [1.807, 2.05) is 25.1 Å². The molecule has 0 bridgehead atoms. The Labute approximate surface area is 117 Å². The fourth-order valence-electron chi connectivity index (χ4n) is 1.71. The Morgan fingerprint density at radius 1 is 1.05 bits per heavy atom. The lowest BCUT2D eigenvalue weighted by Crippen LogP contribution is -1.97. The Morgan fingerprint density at radius 2 is 1.79 bits per heavy atom. The average Bonchev–Trinajstić information content (AvgIpc) is 2.43. The first kappa shape index (κ1) is 13.7. The van der Waals surface area contributed by atoms with Crippen LogP contribution in [0.25, 0.3) is 0 Å². The van der Waals surface area contributed by atoms with Crippen molar-refractivity contribution in [3.05, 3.63) is 53.1 Å². The summed E-state index contributed by atoms with van der Waals surface area (Å²) in [4.78, 5) is 0. The van der Waals surface area contributed by atoms with E-state index >= 15 is 0 Å². The smallest absolute Gasteiger partial charge is 0.169 e. The van der Waals surface area contributed by atoms with Crippen LogP contribution in [0, 0.1) is 0 Å². The summed E-state index contributed by atoms with van der Waals surface area (Å²) < 4.78 is 11.3. The van der Waals surface area contributed by atoms with Crippen LogP contribution in [0.3, 0.4) is 0 Å². The van der Waals surface area contributed by atoms with Crippen molar-refractivity contribution in [2.75, 3.05) is 6.61 Å². The maximum atomic E-state index is 9.32. The molecule has 3 nitrogen and oxygen atoms in total. The predicted molar refractivity (Wildman–Crippen MR) is 75.1 cm³/mol. The minimum absolute atomic E-state index is 0.132. The molecule has 0 fully saturated rings. The van der Waals surface area contributed by atoms with Crippen molar-refractivity contribution in [1.82, 2.24) is 0 Å². The maximum absolute atomic E-state index is 9.32. The Bertz CT molecular complexity index is 555. The van der Waals surface area contributed by atoms with Crippen molar-refractivity contribution < 1.29 is 14.6 Å². The summed E-state index contributed by atoms with van der Waals surface area (Å²) in [5.74, 6) is 1.68. The van der Waals surface area contributed by atoms with Gasteiger partial charge in [0.2, 0.25) is 0 Å². The third kappa shape index (κ3) is 3.19. The van der Waals surface area contributed by atoms with Crippen LogP contribution in [0.15, 0.2) is 42.5 Å². The molecule has 2 rings (SSSR count). The number of halogens is 1. The van der Waals surface area contributed by atoms with Crippen molar-refractivity contribution in [3.63, 3.8) is 0 Å². The van der Waals surface area contributed by atoms with Crippen molar-refractivity contribution >= 4 is 11.6 Å². The second kappa shape index (κ2) is 6.45. The molecule has 0 aliphatic heterocycles. The van der Waals surface area contributed by atoms with E-state index in [4.69, 9.17) is 21.1 Å². The molecule has 0 radical (unpaired) electrons. The van der Waals surface area contributed by atoms with E-state index in [1.54, 1.807) is 24.3 Å². The summed E-state index contributed by atoms with van der Waals surface area (Å²) in [5, 5.41) is 9.78. The SMILES string of the molecule is CCOc1ccccc1Oc1c(Cl)cccc1CO. The van der Waals surface area contributed by atoms with Crippen LogP contribution in [-0.2, 0) is 6.61 Å². The van der Waals surface area contributed by atoms with Gasteiger partial charge in [-0.25, -0.2) is 0 Å². The molecule has 0 spiro atoms. The first-order valence-electron chi connectivity index (χ1n) is 6.04. The fraction of sp³-hybridized carbons (Fsp3) is 0.200. The lowest BCUT2D eigenvalue weighted by atomic mass is 10.2. The van der Waals surface area contributed by atoms with E-state index in [9.17, 15) is 5.11 Å². The van der Waals surface area contributed by atoms with Gasteiger partial charge in [-0.05, 0) is 25.1 Å². The predicted octanol–water partition coefficient (Wildman–Crippen LogP) is 4.02. The van der Waals surface area contributed by atoms with Gasteiger partial charge in [0, 0.05) is 5.56 Å². The molecule has 1 N–H and O–H groups in total. The number of hydrogen-bond donors (Lipinski definition) is 1. The lowest BCUT2D eigenvalue weighted by Gasteiger charge is -2.14. The van der Waals surface area contributed by atoms with E-state index < -0.39 is 0 Å². The van der Waals surface area contributed by atoms with Gasteiger partial charge in [-0.15, -0.1) is 0 Å². The highest BCUT2D eigenvalue weighted by atomic mass is 35.5. The van der Waals surface area contributed by atoms with Gasteiger partial charge in [0.15, 0.2) is 17.2 Å². The third-order valence-electron chi connectivity index (χ3n) is 2.58.